The Morgan fingerprint density at radius 2 is 1.93 bits per heavy atom. The smallest absolute Gasteiger partial charge is 0.411 e. The molecular weight excluding hydrogens is 382 g/mol. The molecule has 0 aliphatic carbocycles. The second-order valence-electron chi connectivity index (χ2n) is 6.08. The molecule has 0 aliphatic rings. The van der Waals surface area contributed by atoms with E-state index in [4.69, 9.17) is 5.11 Å². The van der Waals surface area contributed by atoms with Crippen LogP contribution in [-0.4, -0.2) is 30.8 Å². The van der Waals surface area contributed by atoms with Crippen molar-refractivity contribution in [1.82, 2.24) is 19.6 Å². The molecule has 0 fully saturated rings. The van der Waals surface area contributed by atoms with Gasteiger partial charge in [0.2, 0.25) is 0 Å². The molecule has 4 aromatic rings. The molecule has 10 heteroatoms. The molecule has 0 atom stereocenters. The summed E-state index contributed by atoms with van der Waals surface area (Å²) in [6, 6.07) is 13.5. The monoisotopic (exact) mass is 396 g/mol. The van der Waals surface area contributed by atoms with Gasteiger partial charge in [-0.25, -0.2) is 23.1 Å². The van der Waals surface area contributed by atoms with Crippen molar-refractivity contribution < 1.29 is 18.7 Å². The Balaban J connectivity index is 1.54. The number of carbonyl (C=O) groups is 1. The highest BCUT2D eigenvalue weighted by Gasteiger charge is 2.11. The number of halogens is 2. The number of fused-ring (bicyclic) bond motifs is 1. The van der Waals surface area contributed by atoms with Crippen molar-refractivity contribution in [3.8, 4) is 11.3 Å². The van der Waals surface area contributed by atoms with Crippen molar-refractivity contribution in [3.05, 3.63) is 71.9 Å². The molecular formula is C19H14F2N6O2. The molecule has 0 saturated carbocycles. The first-order chi connectivity index (χ1) is 14.0. The Hall–Kier alpha value is -4.08. The molecule has 0 saturated heterocycles. The van der Waals surface area contributed by atoms with Gasteiger partial charge in [0.1, 0.15) is 5.82 Å². The van der Waals surface area contributed by atoms with Gasteiger partial charge in [0.05, 0.1) is 11.9 Å². The van der Waals surface area contributed by atoms with Crippen molar-refractivity contribution in [2.75, 3.05) is 10.6 Å². The molecule has 3 aromatic heterocycles. The van der Waals surface area contributed by atoms with Gasteiger partial charge in [0.15, 0.2) is 17.3 Å². The number of nitrogens with one attached hydrogen (secondary N) is 2. The third-order valence-corrected chi connectivity index (χ3v) is 4.10. The van der Waals surface area contributed by atoms with Gasteiger partial charge in [-0.15, -0.1) is 5.10 Å². The molecule has 3 N–H and O–H groups in total. The minimum Gasteiger partial charge on any atom is -0.465 e. The highest BCUT2D eigenvalue weighted by atomic mass is 19.1. The molecule has 0 spiro atoms. The maximum atomic E-state index is 13.6. The van der Waals surface area contributed by atoms with Gasteiger partial charge in [-0.2, -0.15) is 4.98 Å². The van der Waals surface area contributed by atoms with Crippen molar-refractivity contribution in [1.29, 1.82) is 0 Å². The number of amides is 1. The van der Waals surface area contributed by atoms with E-state index >= 15 is 0 Å². The molecule has 8 nitrogen and oxygen atoms in total. The summed E-state index contributed by atoms with van der Waals surface area (Å²) in [6.07, 6.45) is -0.299. The summed E-state index contributed by atoms with van der Waals surface area (Å²) in [5.41, 5.74) is 2.91. The summed E-state index contributed by atoms with van der Waals surface area (Å²) in [5.74, 6) is -1.53. The zero-order valence-corrected chi connectivity index (χ0v) is 14.8. The Morgan fingerprint density at radius 1 is 1.14 bits per heavy atom. The lowest BCUT2D eigenvalue weighted by Gasteiger charge is -2.08. The normalized spacial score (nSPS) is 10.8. The van der Waals surface area contributed by atoms with Crippen LogP contribution in [0.5, 0.6) is 0 Å². The van der Waals surface area contributed by atoms with E-state index in [0.29, 0.717) is 12.2 Å². The van der Waals surface area contributed by atoms with Gasteiger partial charge < -0.3 is 10.4 Å². The van der Waals surface area contributed by atoms with Gasteiger partial charge in [-0.3, -0.25) is 5.32 Å². The Labute approximate surface area is 162 Å². The fourth-order valence-electron chi connectivity index (χ4n) is 2.80. The first kappa shape index (κ1) is 18.3. The van der Waals surface area contributed by atoms with Crippen LogP contribution in [-0.2, 0) is 6.54 Å². The van der Waals surface area contributed by atoms with Crippen LogP contribution in [0.15, 0.2) is 54.7 Å². The van der Waals surface area contributed by atoms with E-state index in [2.05, 4.69) is 25.7 Å². The number of anilines is 2. The van der Waals surface area contributed by atoms with E-state index in [0.717, 1.165) is 29.1 Å². The van der Waals surface area contributed by atoms with E-state index in [1.54, 1.807) is 12.1 Å². The van der Waals surface area contributed by atoms with Gasteiger partial charge in [0, 0.05) is 18.2 Å². The molecule has 3 heterocycles. The van der Waals surface area contributed by atoms with E-state index in [1.165, 1.54) is 4.52 Å². The lowest BCUT2D eigenvalue weighted by atomic mass is 10.1. The minimum atomic E-state index is -1.24. The van der Waals surface area contributed by atoms with Gasteiger partial charge in [-0.1, -0.05) is 30.3 Å². The molecule has 1 amide bonds. The number of rotatable bonds is 5. The third kappa shape index (κ3) is 3.95. The molecule has 0 aliphatic heterocycles. The Kier molecular flexibility index (Phi) is 4.73. The largest absolute Gasteiger partial charge is 0.465 e. The molecule has 146 valence electrons. The Morgan fingerprint density at radius 3 is 2.66 bits per heavy atom. The number of aromatic nitrogens is 4. The van der Waals surface area contributed by atoms with Crippen molar-refractivity contribution in [2.24, 2.45) is 0 Å². The van der Waals surface area contributed by atoms with Gasteiger partial charge in [0.25, 0.3) is 5.95 Å². The fourth-order valence-corrected chi connectivity index (χ4v) is 2.80. The second-order valence-corrected chi connectivity index (χ2v) is 6.08. The van der Waals surface area contributed by atoms with E-state index in [1.807, 2.05) is 30.3 Å². The summed E-state index contributed by atoms with van der Waals surface area (Å²) in [7, 11) is 0. The first-order valence-electron chi connectivity index (χ1n) is 8.49. The maximum Gasteiger partial charge on any atom is 0.411 e. The van der Waals surface area contributed by atoms with Crippen LogP contribution in [0.3, 0.4) is 0 Å². The molecule has 0 radical (unpaired) electrons. The molecule has 0 bridgehead atoms. The summed E-state index contributed by atoms with van der Waals surface area (Å²) >= 11 is 0. The summed E-state index contributed by atoms with van der Waals surface area (Å²) in [4.78, 5) is 18.6. The van der Waals surface area contributed by atoms with Crippen LogP contribution in [0.2, 0.25) is 0 Å². The lowest BCUT2D eigenvalue weighted by Crippen LogP contribution is -2.08. The number of nitrogens with zero attached hydrogens (tertiary/aromatic N) is 4. The van der Waals surface area contributed by atoms with Crippen LogP contribution < -0.4 is 10.6 Å². The van der Waals surface area contributed by atoms with Crippen LogP contribution in [0.4, 0.5) is 25.3 Å². The van der Waals surface area contributed by atoms with E-state index in [9.17, 15) is 13.6 Å². The summed E-state index contributed by atoms with van der Waals surface area (Å²) < 4.78 is 28.1. The molecule has 0 unspecified atom stereocenters. The maximum absolute atomic E-state index is 13.6. The van der Waals surface area contributed by atoms with Crippen molar-refractivity contribution in [2.45, 2.75) is 6.54 Å². The standard InChI is InChI=1S/C19H14F2N6O2/c20-13-8-14(21)17(23-10-13)22-9-11-4-6-12(7-5-11)15-2-1-3-16-24-18(25-19(28)29)26-27(15)16/h1-8,10H,9H2,(H,22,23)(H,25,26)(H,28,29). The topological polar surface area (TPSA) is 104 Å². The fraction of sp³-hybridized carbons (Fsp3) is 0.0526. The van der Waals surface area contributed by atoms with Crippen LogP contribution in [0.25, 0.3) is 16.9 Å². The van der Waals surface area contributed by atoms with Crippen LogP contribution in [0, 0.1) is 11.6 Å². The second kappa shape index (κ2) is 7.50. The third-order valence-electron chi connectivity index (χ3n) is 4.10. The average Bonchev–Trinajstić information content (AvgIpc) is 3.09. The van der Waals surface area contributed by atoms with E-state index < -0.39 is 17.7 Å². The summed E-state index contributed by atoms with van der Waals surface area (Å²) in [5, 5.41) is 17.9. The van der Waals surface area contributed by atoms with Crippen molar-refractivity contribution >= 4 is 23.5 Å². The SMILES string of the molecule is O=C(O)Nc1nc2cccc(-c3ccc(CNc4ncc(F)cc4F)cc3)n2n1. The lowest BCUT2D eigenvalue weighted by molar-refractivity contribution is 0.209. The summed E-state index contributed by atoms with van der Waals surface area (Å²) in [6.45, 7) is 0.302. The zero-order chi connectivity index (χ0) is 20.4. The minimum absolute atomic E-state index is 0.0143. The first-order valence-corrected chi connectivity index (χ1v) is 8.49. The quantitative estimate of drug-likeness (QED) is 0.474. The number of pyridine rings is 2. The van der Waals surface area contributed by atoms with Crippen LogP contribution in [0.1, 0.15) is 5.56 Å². The predicted molar refractivity (Wildman–Crippen MR) is 102 cm³/mol. The molecule has 1 aromatic carbocycles. The van der Waals surface area contributed by atoms with E-state index in [-0.39, 0.29) is 11.8 Å². The van der Waals surface area contributed by atoms with Gasteiger partial charge >= 0.3 is 6.09 Å². The predicted octanol–water partition coefficient (Wildman–Crippen LogP) is 3.77. The average molecular weight is 396 g/mol. The number of hydrogen-bond donors (Lipinski definition) is 3. The van der Waals surface area contributed by atoms with Crippen LogP contribution >= 0.6 is 0 Å². The van der Waals surface area contributed by atoms with Gasteiger partial charge in [-0.05, 0) is 17.7 Å². The zero-order valence-electron chi connectivity index (χ0n) is 14.8. The Bertz CT molecular complexity index is 1190. The number of benzene rings is 1. The molecule has 29 heavy (non-hydrogen) atoms. The van der Waals surface area contributed by atoms with Crippen molar-refractivity contribution in [3.63, 3.8) is 0 Å². The molecule has 4 rings (SSSR count). The highest BCUT2D eigenvalue weighted by molar-refractivity contribution is 5.80. The number of carboxylic acid groups (broad SMARTS) is 1. The highest BCUT2D eigenvalue weighted by Crippen LogP contribution is 2.22. The number of hydrogen-bond acceptors (Lipinski definition) is 5.